The van der Waals surface area contributed by atoms with Crippen LogP contribution in [0, 0.1) is 0 Å². The number of rotatable bonds is 3. The van der Waals surface area contributed by atoms with Crippen LogP contribution in [0.25, 0.3) is 11.5 Å². The molecule has 0 saturated carbocycles. The number of H-pyrrole nitrogens is 1. The molecule has 0 bridgehead atoms. The Balaban J connectivity index is 2.29. The third kappa shape index (κ3) is 2.10. The van der Waals surface area contributed by atoms with Crippen LogP contribution >= 0.6 is 0 Å². The van der Waals surface area contributed by atoms with Crippen molar-refractivity contribution in [3.63, 3.8) is 0 Å². The monoisotopic (exact) mass is 207 g/mol. The van der Waals surface area contributed by atoms with Crippen LogP contribution in [-0.4, -0.2) is 22.2 Å². The van der Waals surface area contributed by atoms with Crippen molar-refractivity contribution < 1.29 is 9.26 Å². The van der Waals surface area contributed by atoms with Crippen LogP contribution in [0.4, 0.5) is 0 Å². The van der Waals surface area contributed by atoms with Crippen LogP contribution in [0.5, 0.6) is 0 Å². The first-order valence-corrected chi connectivity index (χ1v) is 4.30. The lowest BCUT2D eigenvalue weighted by atomic mass is 10.3. The summed E-state index contributed by atoms with van der Waals surface area (Å²) in [5, 5.41) is 3.70. The van der Waals surface area contributed by atoms with E-state index >= 15 is 0 Å². The van der Waals surface area contributed by atoms with Crippen molar-refractivity contribution in [1.29, 1.82) is 0 Å². The molecular formula is C9H9N3O3. The van der Waals surface area contributed by atoms with Gasteiger partial charge in [0.2, 0.25) is 5.56 Å². The first-order valence-electron chi connectivity index (χ1n) is 4.30. The second-order valence-corrected chi connectivity index (χ2v) is 2.89. The number of nitrogens with one attached hydrogen (secondary N) is 1. The Bertz CT molecular complexity index is 483. The lowest BCUT2D eigenvalue weighted by molar-refractivity contribution is 0.174. The Morgan fingerprint density at radius 3 is 3.07 bits per heavy atom. The molecule has 2 aromatic heterocycles. The van der Waals surface area contributed by atoms with E-state index in [4.69, 9.17) is 9.26 Å². The normalized spacial score (nSPS) is 10.5. The van der Waals surface area contributed by atoms with Gasteiger partial charge in [-0.15, -0.1) is 0 Å². The van der Waals surface area contributed by atoms with Gasteiger partial charge >= 0.3 is 0 Å². The molecule has 6 heteroatoms. The van der Waals surface area contributed by atoms with E-state index in [0.717, 1.165) is 0 Å². The summed E-state index contributed by atoms with van der Waals surface area (Å²) in [7, 11) is 1.55. The van der Waals surface area contributed by atoms with Crippen LogP contribution in [0.3, 0.4) is 0 Å². The summed E-state index contributed by atoms with van der Waals surface area (Å²) < 4.78 is 9.83. The molecule has 1 N–H and O–H groups in total. The quantitative estimate of drug-likeness (QED) is 0.795. The van der Waals surface area contributed by atoms with Crippen LogP contribution in [0.15, 0.2) is 27.6 Å². The lowest BCUT2D eigenvalue weighted by Gasteiger charge is -1.90. The number of nitrogens with zero attached hydrogens (tertiary/aromatic N) is 2. The molecular weight excluding hydrogens is 198 g/mol. The fraction of sp³-hybridized carbons (Fsp3) is 0.222. The van der Waals surface area contributed by atoms with Crippen molar-refractivity contribution >= 4 is 0 Å². The molecule has 2 heterocycles. The van der Waals surface area contributed by atoms with Crippen molar-refractivity contribution in [2.75, 3.05) is 7.11 Å². The number of methoxy groups -OCH3 is 1. The van der Waals surface area contributed by atoms with Gasteiger partial charge in [-0.1, -0.05) is 5.16 Å². The van der Waals surface area contributed by atoms with Gasteiger partial charge in [-0.2, -0.15) is 4.98 Å². The molecule has 0 saturated heterocycles. The molecule has 0 atom stereocenters. The van der Waals surface area contributed by atoms with Gasteiger partial charge in [-0.25, -0.2) is 0 Å². The van der Waals surface area contributed by atoms with Crippen LogP contribution in [0.1, 0.15) is 5.82 Å². The molecule has 0 radical (unpaired) electrons. The van der Waals surface area contributed by atoms with Gasteiger partial charge in [0.05, 0.1) is 5.56 Å². The van der Waals surface area contributed by atoms with E-state index in [9.17, 15) is 4.79 Å². The zero-order valence-corrected chi connectivity index (χ0v) is 8.06. The van der Waals surface area contributed by atoms with Crippen LogP contribution in [-0.2, 0) is 11.3 Å². The molecule has 6 nitrogen and oxygen atoms in total. The summed E-state index contributed by atoms with van der Waals surface area (Å²) in [5.41, 5.74) is 0.500. The van der Waals surface area contributed by atoms with E-state index in [1.807, 2.05) is 0 Å². The van der Waals surface area contributed by atoms with Gasteiger partial charge in [0.25, 0.3) is 5.89 Å². The molecule has 2 aromatic rings. The van der Waals surface area contributed by atoms with E-state index in [2.05, 4.69) is 15.1 Å². The number of ether oxygens (including phenoxy) is 1. The van der Waals surface area contributed by atoms with Crippen molar-refractivity contribution in [2.24, 2.45) is 0 Å². The van der Waals surface area contributed by atoms with Crippen molar-refractivity contribution in [2.45, 2.75) is 6.61 Å². The maximum absolute atomic E-state index is 10.8. The van der Waals surface area contributed by atoms with E-state index in [0.29, 0.717) is 23.9 Å². The summed E-state index contributed by atoms with van der Waals surface area (Å²) in [6.07, 6.45) is 1.52. The van der Waals surface area contributed by atoms with E-state index in [1.54, 1.807) is 13.2 Å². The van der Waals surface area contributed by atoms with Gasteiger partial charge in [0.15, 0.2) is 5.82 Å². The average molecular weight is 207 g/mol. The number of hydrogen-bond acceptors (Lipinski definition) is 5. The topological polar surface area (TPSA) is 81.0 Å². The Hall–Kier alpha value is -1.95. The van der Waals surface area contributed by atoms with E-state index in [1.165, 1.54) is 12.3 Å². The first-order chi connectivity index (χ1) is 7.29. The van der Waals surface area contributed by atoms with Crippen LogP contribution < -0.4 is 5.56 Å². The molecule has 0 aliphatic rings. The van der Waals surface area contributed by atoms with Crippen molar-refractivity contribution in [3.05, 3.63) is 34.5 Å². The summed E-state index contributed by atoms with van der Waals surface area (Å²) in [5.74, 6) is 0.831. The molecule has 78 valence electrons. The lowest BCUT2D eigenvalue weighted by Crippen LogP contribution is -2.01. The number of aromatic nitrogens is 3. The third-order valence-corrected chi connectivity index (χ3v) is 1.77. The summed E-state index contributed by atoms with van der Waals surface area (Å²) in [6, 6.07) is 3.01. The van der Waals surface area contributed by atoms with E-state index < -0.39 is 0 Å². The fourth-order valence-electron chi connectivity index (χ4n) is 1.10. The second-order valence-electron chi connectivity index (χ2n) is 2.89. The molecule has 15 heavy (non-hydrogen) atoms. The maximum Gasteiger partial charge on any atom is 0.259 e. The number of hydrogen-bond donors (Lipinski definition) is 1. The largest absolute Gasteiger partial charge is 0.377 e. The van der Waals surface area contributed by atoms with Crippen LogP contribution in [0.2, 0.25) is 0 Å². The Morgan fingerprint density at radius 2 is 2.40 bits per heavy atom. The Kier molecular flexibility index (Phi) is 2.59. The maximum atomic E-state index is 10.8. The highest BCUT2D eigenvalue weighted by Gasteiger charge is 2.07. The molecule has 0 spiro atoms. The number of aromatic amines is 1. The molecule has 0 aromatic carbocycles. The molecule has 2 rings (SSSR count). The summed E-state index contributed by atoms with van der Waals surface area (Å²) >= 11 is 0. The fourth-order valence-corrected chi connectivity index (χ4v) is 1.10. The standard InChI is InChI=1S/C9H9N3O3/c1-14-5-7-11-9(15-12-7)6-2-3-8(13)10-4-6/h2-4H,5H2,1H3,(H,10,13). The molecule has 0 aliphatic carbocycles. The minimum atomic E-state index is -0.171. The highest BCUT2D eigenvalue weighted by atomic mass is 16.5. The van der Waals surface area contributed by atoms with Crippen molar-refractivity contribution in [3.8, 4) is 11.5 Å². The predicted molar refractivity (Wildman–Crippen MR) is 51.1 cm³/mol. The van der Waals surface area contributed by atoms with Gasteiger partial charge in [0, 0.05) is 19.4 Å². The predicted octanol–water partition coefficient (Wildman–Crippen LogP) is 0.571. The zero-order valence-electron chi connectivity index (χ0n) is 8.06. The third-order valence-electron chi connectivity index (χ3n) is 1.77. The zero-order chi connectivity index (χ0) is 10.7. The Morgan fingerprint density at radius 1 is 1.53 bits per heavy atom. The molecule has 0 fully saturated rings. The molecule has 0 aliphatic heterocycles. The minimum Gasteiger partial charge on any atom is -0.377 e. The average Bonchev–Trinajstić information content (AvgIpc) is 2.68. The highest BCUT2D eigenvalue weighted by molar-refractivity contribution is 5.50. The minimum absolute atomic E-state index is 0.171. The van der Waals surface area contributed by atoms with Gasteiger partial charge < -0.3 is 14.2 Å². The number of pyridine rings is 1. The van der Waals surface area contributed by atoms with E-state index in [-0.39, 0.29) is 5.56 Å². The highest BCUT2D eigenvalue weighted by Crippen LogP contribution is 2.14. The second kappa shape index (κ2) is 4.05. The first kappa shape index (κ1) is 9.60. The van der Waals surface area contributed by atoms with Gasteiger partial charge in [-0.05, 0) is 6.07 Å². The SMILES string of the molecule is COCc1noc(-c2ccc(=O)[nH]c2)n1. The molecule has 0 amide bonds. The Labute approximate surface area is 84.9 Å². The summed E-state index contributed by atoms with van der Waals surface area (Å²) in [4.78, 5) is 17.4. The molecule has 0 unspecified atom stereocenters. The smallest absolute Gasteiger partial charge is 0.259 e. The van der Waals surface area contributed by atoms with Crippen molar-refractivity contribution in [1.82, 2.24) is 15.1 Å². The van der Waals surface area contributed by atoms with Gasteiger partial charge in [0.1, 0.15) is 6.61 Å². The summed E-state index contributed by atoms with van der Waals surface area (Å²) in [6.45, 7) is 0.298. The van der Waals surface area contributed by atoms with Gasteiger partial charge in [-0.3, -0.25) is 4.79 Å².